The molecule has 3 N–H and O–H groups in total. The van der Waals surface area contributed by atoms with Crippen molar-refractivity contribution in [1.29, 1.82) is 0 Å². The highest BCUT2D eigenvalue weighted by Gasteiger charge is 2.21. The molecule has 1 amide bonds. The first-order chi connectivity index (χ1) is 9.69. The predicted molar refractivity (Wildman–Crippen MR) is 79.7 cm³/mol. The molecule has 2 rings (SSSR count). The summed E-state index contributed by atoms with van der Waals surface area (Å²) < 4.78 is 5.72. The molecule has 20 heavy (non-hydrogen) atoms. The Kier molecular flexibility index (Phi) is 5.41. The average molecular weight is 276 g/mol. The second kappa shape index (κ2) is 7.29. The Morgan fingerprint density at radius 1 is 1.45 bits per heavy atom. The molecule has 1 aliphatic carbocycles. The molecule has 4 nitrogen and oxygen atoms in total. The fourth-order valence-corrected chi connectivity index (χ4v) is 2.59. The van der Waals surface area contributed by atoms with Crippen LogP contribution in [-0.4, -0.2) is 24.6 Å². The fourth-order valence-electron chi connectivity index (χ4n) is 2.59. The van der Waals surface area contributed by atoms with Crippen LogP contribution in [-0.2, 0) is 11.2 Å². The van der Waals surface area contributed by atoms with E-state index in [4.69, 9.17) is 10.5 Å². The monoisotopic (exact) mass is 276 g/mol. The van der Waals surface area contributed by atoms with Crippen LogP contribution in [0.5, 0.6) is 5.75 Å². The predicted octanol–water partition coefficient (Wildman–Crippen LogP) is 2.01. The second-order valence-corrected chi connectivity index (χ2v) is 5.44. The lowest BCUT2D eigenvalue weighted by atomic mass is 10.1. The summed E-state index contributed by atoms with van der Waals surface area (Å²) in [5, 5.41) is 3.05. The van der Waals surface area contributed by atoms with Gasteiger partial charge in [0.25, 0.3) is 5.91 Å². The number of benzene rings is 1. The van der Waals surface area contributed by atoms with Crippen LogP contribution >= 0.6 is 0 Å². The van der Waals surface area contributed by atoms with Gasteiger partial charge in [-0.2, -0.15) is 0 Å². The minimum Gasteiger partial charge on any atom is -0.481 e. The Morgan fingerprint density at radius 3 is 2.90 bits per heavy atom. The van der Waals surface area contributed by atoms with Crippen LogP contribution < -0.4 is 15.8 Å². The Bertz CT molecular complexity index is 442. The molecule has 1 aliphatic rings. The highest BCUT2D eigenvalue weighted by molar-refractivity contribution is 5.81. The maximum atomic E-state index is 12.1. The van der Waals surface area contributed by atoms with Crippen molar-refractivity contribution in [3.8, 4) is 5.75 Å². The van der Waals surface area contributed by atoms with Gasteiger partial charge in [0.2, 0.25) is 0 Å². The van der Waals surface area contributed by atoms with Crippen molar-refractivity contribution < 1.29 is 9.53 Å². The van der Waals surface area contributed by atoms with Gasteiger partial charge in [-0.15, -0.1) is 0 Å². The van der Waals surface area contributed by atoms with Crippen molar-refractivity contribution in [1.82, 2.24) is 5.32 Å². The SMILES string of the molecule is CC(Oc1cccc(CCN)c1)C(=O)NC1CCCC1. The standard InChI is InChI=1S/C16H24N2O2/c1-12(16(19)18-14-6-2-3-7-14)20-15-8-4-5-13(11-15)9-10-17/h4-5,8,11-12,14H,2-3,6-7,9-10,17H2,1H3,(H,18,19). The molecule has 0 saturated heterocycles. The second-order valence-electron chi connectivity index (χ2n) is 5.44. The number of rotatable bonds is 6. The smallest absolute Gasteiger partial charge is 0.260 e. The van der Waals surface area contributed by atoms with Crippen molar-refractivity contribution in [3.05, 3.63) is 29.8 Å². The third-order valence-corrected chi connectivity index (χ3v) is 3.72. The topological polar surface area (TPSA) is 64.3 Å². The molecule has 1 fully saturated rings. The first-order valence-corrected chi connectivity index (χ1v) is 7.45. The van der Waals surface area contributed by atoms with Crippen LogP contribution in [0, 0.1) is 0 Å². The number of hydrogen-bond donors (Lipinski definition) is 2. The van der Waals surface area contributed by atoms with Gasteiger partial charge in [-0.25, -0.2) is 0 Å². The van der Waals surface area contributed by atoms with E-state index in [9.17, 15) is 4.79 Å². The molecule has 1 atom stereocenters. The third kappa shape index (κ3) is 4.23. The molecule has 0 bridgehead atoms. The molecule has 1 aromatic rings. The van der Waals surface area contributed by atoms with E-state index in [1.54, 1.807) is 6.92 Å². The zero-order chi connectivity index (χ0) is 14.4. The number of amides is 1. The first kappa shape index (κ1) is 14.9. The van der Waals surface area contributed by atoms with Crippen LogP contribution in [0.25, 0.3) is 0 Å². The summed E-state index contributed by atoms with van der Waals surface area (Å²) >= 11 is 0. The zero-order valence-corrected chi connectivity index (χ0v) is 12.1. The molecule has 0 radical (unpaired) electrons. The summed E-state index contributed by atoms with van der Waals surface area (Å²) in [6.45, 7) is 2.40. The van der Waals surface area contributed by atoms with E-state index in [2.05, 4.69) is 5.32 Å². The molecule has 1 saturated carbocycles. The third-order valence-electron chi connectivity index (χ3n) is 3.72. The summed E-state index contributed by atoms with van der Waals surface area (Å²) in [4.78, 5) is 12.1. The van der Waals surface area contributed by atoms with Gasteiger partial charge in [-0.3, -0.25) is 4.79 Å². The lowest BCUT2D eigenvalue weighted by Gasteiger charge is -2.18. The summed E-state index contributed by atoms with van der Waals surface area (Å²) in [5.41, 5.74) is 6.68. The number of nitrogens with two attached hydrogens (primary N) is 1. The van der Waals surface area contributed by atoms with E-state index in [-0.39, 0.29) is 5.91 Å². The highest BCUT2D eigenvalue weighted by atomic mass is 16.5. The number of ether oxygens (including phenoxy) is 1. The maximum Gasteiger partial charge on any atom is 0.260 e. The molecule has 0 heterocycles. The molecule has 110 valence electrons. The molecular formula is C16H24N2O2. The fraction of sp³-hybridized carbons (Fsp3) is 0.562. The highest BCUT2D eigenvalue weighted by Crippen LogP contribution is 2.19. The van der Waals surface area contributed by atoms with Crippen LogP contribution in [0.1, 0.15) is 38.2 Å². The van der Waals surface area contributed by atoms with Gasteiger partial charge in [-0.1, -0.05) is 25.0 Å². The van der Waals surface area contributed by atoms with Crippen molar-refractivity contribution >= 4 is 5.91 Å². The normalized spacial score (nSPS) is 16.9. The maximum absolute atomic E-state index is 12.1. The largest absolute Gasteiger partial charge is 0.481 e. The minimum absolute atomic E-state index is 0.0267. The van der Waals surface area contributed by atoms with Gasteiger partial charge < -0.3 is 15.8 Å². The Hall–Kier alpha value is -1.55. The van der Waals surface area contributed by atoms with E-state index in [0.29, 0.717) is 12.6 Å². The molecule has 0 aromatic heterocycles. The molecule has 1 unspecified atom stereocenters. The van der Waals surface area contributed by atoms with Gasteiger partial charge in [-0.05, 0) is 50.4 Å². The lowest BCUT2D eigenvalue weighted by Crippen LogP contribution is -2.41. The van der Waals surface area contributed by atoms with Gasteiger partial charge in [0.05, 0.1) is 0 Å². The summed E-state index contributed by atoms with van der Waals surface area (Å²) in [6.07, 6.45) is 4.95. The van der Waals surface area contributed by atoms with Crippen LogP contribution in [0.4, 0.5) is 0 Å². The molecule has 1 aromatic carbocycles. The van der Waals surface area contributed by atoms with Crippen LogP contribution in [0.15, 0.2) is 24.3 Å². The van der Waals surface area contributed by atoms with E-state index in [0.717, 1.165) is 30.6 Å². The van der Waals surface area contributed by atoms with Gasteiger partial charge >= 0.3 is 0 Å². The van der Waals surface area contributed by atoms with E-state index in [1.807, 2.05) is 24.3 Å². The average Bonchev–Trinajstić information content (AvgIpc) is 2.92. The first-order valence-electron chi connectivity index (χ1n) is 7.45. The van der Waals surface area contributed by atoms with Crippen LogP contribution in [0.3, 0.4) is 0 Å². The van der Waals surface area contributed by atoms with E-state index >= 15 is 0 Å². The minimum atomic E-state index is -0.469. The Morgan fingerprint density at radius 2 is 2.20 bits per heavy atom. The zero-order valence-electron chi connectivity index (χ0n) is 12.1. The number of carbonyl (C=O) groups is 1. The van der Waals surface area contributed by atoms with Gasteiger partial charge in [0.1, 0.15) is 5.75 Å². The molecular weight excluding hydrogens is 252 g/mol. The van der Waals surface area contributed by atoms with Gasteiger partial charge in [0.15, 0.2) is 6.10 Å². The summed E-state index contributed by atoms with van der Waals surface area (Å²) in [7, 11) is 0. The molecule has 4 heteroatoms. The van der Waals surface area contributed by atoms with Crippen molar-refractivity contribution in [3.63, 3.8) is 0 Å². The van der Waals surface area contributed by atoms with E-state index < -0.39 is 6.10 Å². The Labute approximate surface area is 120 Å². The Balaban J connectivity index is 1.87. The number of carbonyl (C=O) groups excluding carboxylic acids is 1. The summed E-state index contributed by atoms with van der Waals surface area (Å²) in [6, 6.07) is 8.10. The van der Waals surface area contributed by atoms with Gasteiger partial charge in [0, 0.05) is 6.04 Å². The van der Waals surface area contributed by atoms with Crippen molar-refractivity contribution in [2.24, 2.45) is 5.73 Å². The summed E-state index contributed by atoms with van der Waals surface area (Å²) in [5.74, 6) is 0.700. The number of hydrogen-bond acceptors (Lipinski definition) is 3. The quantitative estimate of drug-likeness (QED) is 0.835. The van der Waals surface area contributed by atoms with E-state index in [1.165, 1.54) is 12.8 Å². The lowest BCUT2D eigenvalue weighted by molar-refractivity contribution is -0.127. The van der Waals surface area contributed by atoms with Crippen molar-refractivity contribution in [2.75, 3.05) is 6.54 Å². The van der Waals surface area contributed by atoms with Crippen LogP contribution in [0.2, 0.25) is 0 Å². The number of nitrogens with one attached hydrogen (secondary N) is 1. The molecule has 0 aliphatic heterocycles. The molecule has 0 spiro atoms. The van der Waals surface area contributed by atoms with Crippen molar-refractivity contribution in [2.45, 2.75) is 51.2 Å².